The second-order valence-electron chi connectivity index (χ2n) is 7.55. The number of furan rings is 1. The fraction of sp³-hybridized carbons (Fsp3) is 0.292. The summed E-state index contributed by atoms with van der Waals surface area (Å²) in [7, 11) is 0. The van der Waals surface area contributed by atoms with Gasteiger partial charge in [0.1, 0.15) is 11.6 Å². The molecule has 0 aliphatic carbocycles. The predicted octanol–water partition coefficient (Wildman–Crippen LogP) is 5.70. The molecule has 2 aromatic heterocycles. The highest BCUT2D eigenvalue weighted by atomic mass is 16.3. The van der Waals surface area contributed by atoms with Gasteiger partial charge in [-0.05, 0) is 68.1 Å². The minimum atomic E-state index is 0.839. The van der Waals surface area contributed by atoms with E-state index in [1.165, 1.54) is 33.3 Å². The maximum absolute atomic E-state index is 5.63. The van der Waals surface area contributed by atoms with Gasteiger partial charge in [-0.15, -0.1) is 0 Å². The molecule has 0 saturated carbocycles. The van der Waals surface area contributed by atoms with Gasteiger partial charge in [-0.1, -0.05) is 29.8 Å². The van der Waals surface area contributed by atoms with Crippen LogP contribution in [0.3, 0.4) is 0 Å². The number of benzene rings is 2. The number of rotatable bonds is 5. The highest BCUT2D eigenvalue weighted by Gasteiger charge is 2.14. The van der Waals surface area contributed by atoms with Crippen molar-refractivity contribution in [3.63, 3.8) is 0 Å². The third kappa shape index (κ3) is 3.55. The zero-order chi connectivity index (χ0) is 19.0. The van der Waals surface area contributed by atoms with Crippen molar-refractivity contribution in [3.8, 4) is 0 Å². The van der Waals surface area contributed by atoms with Gasteiger partial charge in [0, 0.05) is 19.4 Å². The van der Waals surface area contributed by atoms with Crippen LogP contribution in [0.2, 0.25) is 0 Å². The largest absolute Gasteiger partial charge is 0.469 e. The Labute approximate surface area is 160 Å². The van der Waals surface area contributed by atoms with Gasteiger partial charge in [0.15, 0.2) is 0 Å². The first-order valence-corrected chi connectivity index (χ1v) is 9.56. The van der Waals surface area contributed by atoms with Crippen LogP contribution in [0.15, 0.2) is 53.1 Å². The number of aryl methyl sites for hydroxylation is 6. The lowest BCUT2D eigenvalue weighted by molar-refractivity contribution is 0.501. The second-order valence-corrected chi connectivity index (χ2v) is 7.55. The highest BCUT2D eigenvalue weighted by Crippen LogP contribution is 2.23. The highest BCUT2D eigenvalue weighted by molar-refractivity contribution is 5.78. The molecule has 0 aliphatic rings. The molecule has 0 fully saturated rings. The fourth-order valence-corrected chi connectivity index (χ4v) is 3.56. The van der Waals surface area contributed by atoms with Crippen LogP contribution < -0.4 is 0 Å². The monoisotopic (exact) mass is 358 g/mol. The Kier molecular flexibility index (Phi) is 4.61. The van der Waals surface area contributed by atoms with E-state index in [1.807, 2.05) is 6.07 Å². The van der Waals surface area contributed by atoms with Crippen LogP contribution >= 0.6 is 0 Å². The van der Waals surface area contributed by atoms with Crippen LogP contribution in [-0.4, -0.2) is 9.55 Å². The molecule has 0 amide bonds. The van der Waals surface area contributed by atoms with Crippen molar-refractivity contribution in [2.75, 3.05) is 0 Å². The first-order valence-electron chi connectivity index (χ1n) is 9.56. The first-order chi connectivity index (χ1) is 13.0. The quantitative estimate of drug-likeness (QED) is 0.458. The third-order valence-electron chi connectivity index (χ3n) is 5.45. The Morgan fingerprint density at radius 3 is 2.30 bits per heavy atom. The van der Waals surface area contributed by atoms with E-state index in [-0.39, 0.29) is 0 Å². The van der Waals surface area contributed by atoms with E-state index < -0.39 is 0 Å². The Bertz CT molecular complexity index is 1080. The normalized spacial score (nSPS) is 11.4. The molecule has 0 radical (unpaired) electrons. The summed E-state index contributed by atoms with van der Waals surface area (Å²) < 4.78 is 8.00. The molecule has 0 aliphatic heterocycles. The zero-order valence-corrected chi connectivity index (χ0v) is 16.5. The summed E-state index contributed by atoms with van der Waals surface area (Å²) in [6.45, 7) is 9.38. The zero-order valence-electron chi connectivity index (χ0n) is 16.5. The molecule has 0 unspecified atom stereocenters. The number of nitrogens with zero attached hydrogens (tertiary/aromatic N) is 2. The number of imidazole rings is 1. The second kappa shape index (κ2) is 7.07. The van der Waals surface area contributed by atoms with Gasteiger partial charge < -0.3 is 8.98 Å². The van der Waals surface area contributed by atoms with Gasteiger partial charge in [0.2, 0.25) is 0 Å². The Morgan fingerprint density at radius 1 is 0.852 bits per heavy atom. The molecule has 2 heterocycles. The van der Waals surface area contributed by atoms with Crippen molar-refractivity contribution in [3.05, 3.63) is 88.1 Å². The van der Waals surface area contributed by atoms with Gasteiger partial charge >= 0.3 is 0 Å². The standard InChI is InChI=1S/C24H26N2O/c1-16-5-7-20(8-6-16)15-26-22-14-19(4)18(3)13-21(22)25-24(26)10-9-23-17(2)11-12-27-23/h5-8,11-14H,9-10,15H2,1-4H3. The van der Waals surface area contributed by atoms with E-state index in [4.69, 9.17) is 9.40 Å². The van der Waals surface area contributed by atoms with Crippen molar-refractivity contribution in [1.29, 1.82) is 0 Å². The average Bonchev–Trinajstić information content (AvgIpc) is 3.19. The van der Waals surface area contributed by atoms with Crippen molar-refractivity contribution in [2.45, 2.75) is 47.1 Å². The van der Waals surface area contributed by atoms with Gasteiger partial charge in [0.05, 0.1) is 17.3 Å². The molecule has 3 nitrogen and oxygen atoms in total. The lowest BCUT2D eigenvalue weighted by Crippen LogP contribution is -2.07. The maximum atomic E-state index is 5.63. The molecule has 0 bridgehead atoms. The maximum Gasteiger partial charge on any atom is 0.110 e. The summed E-state index contributed by atoms with van der Waals surface area (Å²) in [5, 5.41) is 0. The minimum Gasteiger partial charge on any atom is -0.469 e. The van der Waals surface area contributed by atoms with Gasteiger partial charge in [0.25, 0.3) is 0 Å². The SMILES string of the molecule is Cc1ccc(Cn2c(CCc3occc3C)nc3cc(C)c(C)cc32)cc1. The van der Waals surface area contributed by atoms with E-state index in [0.717, 1.165) is 36.5 Å². The van der Waals surface area contributed by atoms with Gasteiger partial charge in [-0.2, -0.15) is 0 Å². The molecule has 0 saturated heterocycles. The lowest BCUT2D eigenvalue weighted by atomic mass is 10.1. The summed E-state index contributed by atoms with van der Waals surface area (Å²) in [6, 6.07) is 15.3. The average molecular weight is 358 g/mol. The number of hydrogen-bond acceptors (Lipinski definition) is 2. The third-order valence-corrected chi connectivity index (χ3v) is 5.45. The molecule has 0 atom stereocenters. The molecular formula is C24H26N2O. The van der Waals surface area contributed by atoms with Crippen LogP contribution in [-0.2, 0) is 19.4 Å². The summed E-state index contributed by atoms with van der Waals surface area (Å²) >= 11 is 0. The first kappa shape index (κ1) is 17.6. The predicted molar refractivity (Wildman–Crippen MR) is 110 cm³/mol. The number of aromatic nitrogens is 2. The summed E-state index contributed by atoms with van der Waals surface area (Å²) in [4.78, 5) is 4.98. The van der Waals surface area contributed by atoms with E-state index in [2.05, 4.69) is 68.7 Å². The molecule has 2 aromatic carbocycles. The van der Waals surface area contributed by atoms with Crippen LogP contribution in [0.4, 0.5) is 0 Å². The van der Waals surface area contributed by atoms with Gasteiger partial charge in [-0.3, -0.25) is 0 Å². The van der Waals surface area contributed by atoms with Crippen molar-refractivity contribution in [1.82, 2.24) is 9.55 Å². The van der Waals surface area contributed by atoms with Crippen LogP contribution in [0, 0.1) is 27.7 Å². The summed E-state index contributed by atoms with van der Waals surface area (Å²) in [6.07, 6.45) is 3.51. The Balaban J connectivity index is 1.73. The molecule has 0 spiro atoms. The summed E-state index contributed by atoms with van der Waals surface area (Å²) in [5.74, 6) is 2.17. The summed E-state index contributed by atoms with van der Waals surface area (Å²) in [5.41, 5.74) is 8.68. The lowest BCUT2D eigenvalue weighted by Gasteiger charge is -2.11. The molecule has 4 aromatic rings. The van der Waals surface area contributed by atoms with Crippen LogP contribution in [0.5, 0.6) is 0 Å². The minimum absolute atomic E-state index is 0.839. The van der Waals surface area contributed by atoms with Crippen molar-refractivity contribution >= 4 is 11.0 Å². The molecule has 4 rings (SSSR count). The van der Waals surface area contributed by atoms with E-state index >= 15 is 0 Å². The van der Waals surface area contributed by atoms with Crippen LogP contribution in [0.25, 0.3) is 11.0 Å². The Morgan fingerprint density at radius 2 is 1.59 bits per heavy atom. The molecule has 27 heavy (non-hydrogen) atoms. The van der Waals surface area contributed by atoms with Gasteiger partial charge in [-0.25, -0.2) is 4.98 Å². The topological polar surface area (TPSA) is 31.0 Å². The number of hydrogen-bond donors (Lipinski definition) is 0. The molecule has 138 valence electrons. The number of fused-ring (bicyclic) bond motifs is 1. The molecule has 0 N–H and O–H groups in total. The smallest absolute Gasteiger partial charge is 0.110 e. The van der Waals surface area contributed by atoms with Crippen LogP contribution in [0.1, 0.15) is 39.4 Å². The Hall–Kier alpha value is -2.81. The van der Waals surface area contributed by atoms with E-state index in [0.29, 0.717) is 0 Å². The molecule has 3 heteroatoms. The molecular weight excluding hydrogens is 332 g/mol. The van der Waals surface area contributed by atoms with E-state index in [1.54, 1.807) is 6.26 Å². The van der Waals surface area contributed by atoms with Crippen molar-refractivity contribution < 1.29 is 4.42 Å². The fourth-order valence-electron chi connectivity index (χ4n) is 3.56. The van der Waals surface area contributed by atoms with Crippen molar-refractivity contribution in [2.24, 2.45) is 0 Å². The van der Waals surface area contributed by atoms with E-state index in [9.17, 15) is 0 Å².